The van der Waals surface area contributed by atoms with E-state index in [0.29, 0.717) is 4.32 Å². The van der Waals surface area contributed by atoms with Crippen molar-refractivity contribution < 1.29 is 4.39 Å². The summed E-state index contributed by atoms with van der Waals surface area (Å²) in [4.78, 5) is 0. The summed E-state index contributed by atoms with van der Waals surface area (Å²) in [5, 5.41) is 3.19. The van der Waals surface area contributed by atoms with Crippen molar-refractivity contribution in [2.24, 2.45) is 0 Å². The number of thiocarbonyl (C=S) groups is 1. The highest BCUT2D eigenvalue weighted by Gasteiger charge is 2.02. The monoisotopic (exact) mass is 369 g/mol. The highest BCUT2D eigenvalue weighted by Crippen LogP contribution is 2.22. The third-order valence-electron chi connectivity index (χ3n) is 2.69. The molecule has 0 saturated carbocycles. The van der Waals surface area contributed by atoms with Crippen molar-refractivity contribution in [3.05, 3.63) is 63.9 Å². The van der Waals surface area contributed by atoms with Crippen LogP contribution in [0.2, 0.25) is 0 Å². The molecule has 0 spiro atoms. The van der Waals surface area contributed by atoms with Crippen molar-refractivity contribution in [3.8, 4) is 0 Å². The number of thioether (sulfide) groups is 1. The van der Waals surface area contributed by atoms with E-state index < -0.39 is 0 Å². The summed E-state index contributed by atoms with van der Waals surface area (Å²) in [6.07, 6.45) is 0. The molecule has 2 aromatic rings. The minimum absolute atomic E-state index is 0.218. The number of benzene rings is 2. The van der Waals surface area contributed by atoms with Gasteiger partial charge in [-0.15, -0.1) is 0 Å². The number of rotatable bonds is 3. The second-order valence-corrected chi connectivity index (χ2v) is 6.80. The van der Waals surface area contributed by atoms with Gasteiger partial charge in [-0.05, 0) is 48.4 Å². The second kappa shape index (κ2) is 7.20. The first-order chi connectivity index (χ1) is 9.54. The Kier molecular flexibility index (Phi) is 5.57. The van der Waals surface area contributed by atoms with Gasteiger partial charge in [0.2, 0.25) is 0 Å². The first-order valence-corrected chi connectivity index (χ1v) is 8.17. The molecule has 0 atom stereocenters. The predicted octanol–water partition coefficient (Wildman–Crippen LogP) is 5.53. The van der Waals surface area contributed by atoms with Crippen LogP contribution in [-0.4, -0.2) is 4.32 Å². The van der Waals surface area contributed by atoms with Crippen LogP contribution in [0.4, 0.5) is 10.1 Å². The van der Waals surface area contributed by atoms with E-state index in [9.17, 15) is 4.39 Å². The van der Waals surface area contributed by atoms with E-state index in [1.807, 2.05) is 25.1 Å². The molecule has 5 heteroatoms. The number of hydrogen-bond acceptors (Lipinski definition) is 2. The lowest BCUT2D eigenvalue weighted by Gasteiger charge is -2.09. The van der Waals surface area contributed by atoms with Crippen LogP contribution in [0.15, 0.2) is 46.9 Å². The van der Waals surface area contributed by atoms with Crippen LogP contribution in [0.3, 0.4) is 0 Å². The van der Waals surface area contributed by atoms with Crippen molar-refractivity contribution in [3.63, 3.8) is 0 Å². The second-order valence-electron chi connectivity index (χ2n) is 4.29. The fourth-order valence-corrected chi connectivity index (χ4v) is 2.83. The Balaban J connectivity index is 1.89. The molecule has 0 bridgehead atoms. The number of hydrogen-bond donors (Lipinski definition) is 1. The van der Waals surface area contributed by atoms with Crippen LogP contribution in [0.1, 0.15) is 11.1 Å². The van der Waals surface area contributed by atoms with Crippen LogP contribution in [-0.2, 0) is 5.75 Å². The van der Waals surface area contributed by atoms with Gasteiger partial charge in [-0.2, -0.15) is 0 Å². The zero-order valence-corrected chi connectivity index (χ0v) is 14.0. The lowest BCUT2D eigenvalue weighted by atomic mass is 10.2. The van der Waals surface area contributed by atoms with Gasteiger partial charge in [0.05, 0.1) is 0 Å². The number of aryl methyl sites for hydroxylation is 1. The molecule has 1 nitrogen and oxygen atoms in total. The van der Waals surface area contributed by atoms with Crippen LogP contribution in [0.25, 0.3) is 0 Å². The Labute approximate surface area is 136 Å². The fraction of sp³-hybridized carbons (Fsp3) is 0.133. The highest BCUT2D eigenvalue weighted by atomic mass is 79.9. The van der Waals surface area contributed by atoms with E-state index in [1.165, 1.54) is 23.9 Å². The zero-order chi connectivity index (χ0) is 14.5. The molecule has 0 aromatic heterocycles. The molecule has 104 valence electrons. The largest absolute Gasteiger partial charge is 0.341 e. The van der Waals surface area contributed by atoms with Crippen LogP contribution in [0, 0.1) is 12.7 Å². The Morgan fingerprint density at radius 1 is 1.25 bits per heavy atom. The molecule has 0 aliphatic heterocycles. The molecule has 20 heavy (non-hydrogen) atoms. The summed E-state index contributed by atoms with van der Waals surface area (Å²) in [6, 6.07) is 12.5. The maximum atomic E-state index is 12.8. The maximum absolute atomic E-state index is 12.8. The van der Waals surface area contributed by atoms with Gasteiger partial charge in [0.25, 0.3) is 0 Å². The fourth-order valence-electron chi connectivity index (χ4n) is 1.61. The van der Waals surface area contributed by atoms with Gasteiger partial charge in [0.1, 0.15) is 10.1 Å². The molecule has 0 heterocycles. The topological polar surface area (TPSA) is 12.0 Å². The normalized spacial score (nSPS) is 10.3. The Morgan fingerprint density at radius 2 is 1.95 bits per heavy atom. The summed E-state index contributed by atoms with van der Waals surface area (Å²) in [5.74, 6) is 0.506. The summed E-state index contributed by atoms with van der Waals surface area (Å²) in [7, 11) is 0. The standard InChI is InChI=1S/C15H13BrFNS2/c1-10-8-13(6-7-14(10)16)18-15(19)20-9-11-2-4-12(17)5-3-11/h2-8H,9H2,1H3,(H,18,19). The van der Waals surface area contributed by atoms with Gasteiger partial charge in [-0.3, -0.25) is 0 Å². The highest BCUT2D eigenvalue weighted by molar-refractivity contribution is 9.10. The predicted molar refractivity (Wildman–Crippen MR) is 92.8 cm³/mol. The third-order valence-corrected chi connectivity index (χ3v) is 4.87. The van der Waals surface area contributed by atoms with Crippen molar-refractivity contribution in [2.45, 2.75) is 12.7 Å². The van der Waals surface area contributed by atoms with Gasteiger partial charge < -0.3 is 5.32 Å². The third kappa shape index (κ3) is 4.58. The molecule has 0 saturated heterocycles. The van der Waals surface area contributed by atoms with Gasteiger partial charge in [-0.25, -0.2) is 4.39 Å². The Morgan fingerprint density at radius 3 is 2.60 bits per heavy atom. The molecular weight excluding hydrogens is 357 g/mol. The minimum Gasteiger partial charge on any atom is -0.341 e. The number of anilines is 1. The lowest BCUT2D eigenvalue weighted by Crippen LogP contribution is -2.05. The molecule has 0 aliphatic rings. The summed E-state index contributed by atoms with van der Waals surface area (Å²) < 4.78 is 14.6. The van der Waals surface area contributed by atoms with Crippen molar-refractivity contribution in [1.82, 2.24) is 0 Å². The number of halogens is 2. The van der Waals surface area contributed by atoms with Crippen LogP contribution in [0.5, 0.6) is 0 Å². The molecule has 1 N–H and O–H groups in total. The maximum Gasteiger partial charge on any atom is 0.138 e. The molecule has 0 unspecified atom stereocenters. The zero-order valence-electron chi connectivity index (χ0n) is 10.8. The Bertz CT molecular complexity index is 614. The molecule has 0 radical (unpaired) electrons. The average Bonchev–Trinajstić information content (AvgIpc) is 2.42. The molecule has 2 rings (SSSR count). The van der Waals surface area contributed by atoms with Crippen molar-refractivity contribution in [2.75, 3.05) is 5.32 Å². The van der Waals surface area contributed by atoms with E-state index >= 15 is 0 Å². The number of nitrogens with one attached hydrogen (secondary N) is 1. The smallest absolute Gasteiger partial charge is 0.138 e. The molecule has 0 aliphatic carbocycles. The summed E-state index contributed by atoms with van der Waals surface area (Å²) in [6.45, 7) is 2.03. The SMILES string of the molecule is Cc1cc(NC(=S)SCc2ccc(F)cc2)ccc1Br. The van der Waals surface area contributed by atoms with Crippen LogP contribution < -0.4 is 5.32 Å². The van der Waals surface area contributed by atoms with E-state index in [4.69, 9.17) is 12.2 Å². The quantitative estimate of drug-likeness (QED) is 0.714. The summed E-state index contributed by atoms with van der Waals surface area (Å²) >= 11 is 10.3. The molecular formula is C15H13BrFNS2. The molecule has 0 fully saturated rings. The van der Waals surface area contributed by atoms with Gasteiger partial charge >= 0.3 is 0 Å². The van der Waals surface area contributed by atoms with Gasteiger partial charge in [0, 0.05) is 15.9 Å². The van der Waals surface area contributed by atoms with Crippen molar-refractivity contribution >= 4 is 49.9 Å². The first kappa shape index (κ1) is 15.5. The van der Waals surface area contributed by atoms with Crippen molar-refractivity contribution in [1.29, 1.82) is 0 Å². The lowest BCUT2D eigenvalue weighted by molar-refractivity contribution is 0.627. The average molecular weight is 370 g/mol. The minimum atomic E-state index is -0.218. The van der Waals surface area contributed by atoms with Crippen LogP contribution >= 0.6 is 39.9 Å². The van der Waals surface area contributed by atoms with E-state index in [2.05, 4.69) is 21.2 Å². The van der Waals surface area contributed by atoms with Gasteiger partial charge in [0.15, 0.2) is 0 Å². The van der Waals surface area contributed by atoms with E-state index in [1.54, 1.807) is 12.1 Å². The first-order valence-electron chi connectivity index (χ1n) is 5.99. The Hall–Kier alpha value is -0.910. The van der Waals surface area contributed by atoms with Gasteiger partial charge in [-0.1, -0.05) is 52.0 Å². The summed E-state index contributed by atoms with van der Waals surface area (Å²) in [5.41, 5.74) is 3.18. The molecule has 2 aromatic carbocycles. The van der Waals surface area contributed by atoms with E-state index in [-0.39, 0.29) is 5.82 Å². The van der Waals surface area contributed by atoms with E-state index in [0.717, 1.165) is 27.0 Å². The molecule has 0 amide bonds.